The number of rotatable bonds is 5. The molecule has 2 N–H and O–H groups in total. The third-order valence-corrected chi connectivity index (χ3v) is 3.80. The first-order valence-corrected chi connectivity index (χ1v) is 7.11. The molecule has 0 aliphatic heterocycles. The van der Waals surface area contributed by atoms with Gasteiger partial charge in [-0.25, -0.2) is 4.98 Å². The number of pyridine rings is 1. The van der Waals surface area contributed by atoms with Crippen LogP contribution in [0.4, 0.5) is 5.82 Å². The van der Waals surface area contributed by atoms with Crippen LogP contribution in [-0.2, 0) is 6.42 Å². The van der Waals surface area contributed by atoms with E-state index in [1.54, 1.807) is 30.5 Å². The smallest absolute Gasteiger partial charge is 0.271 e. The van der Waals surface area contributed by atoms with Crippen molar-refractivity contribution >= 4 is 34.7 Å². The molecule has 0 saturated heterocycles. The summed E-state index contributed by atoms with van der Waals surface area (Å²) < 4.78 is 0. The summed E-state index contributed by atoms with van der Waals surface area (Å²) in [6.45, 7) is 0.571. The Bertz CT molecular complexity index is 557. The zero-order valence-electron chi connectivity index (χ0n) is 10.4. The van der Waals surface area contributed by atoms with E-state index in [1.165, 1.54) is 4.88 Å². The molecule has 0 radical (unpaired) electrons. The molecule has 1 amide bonds. The lowest BCUT2D eigenvalue weighted by atomic mass is 10.3. The van der Waals surface area contributed by atoms with E-state index in [0.717, 1.165) is 6.42 Å². The van der Waals surface area contributed by atoms with E-state index >= 15 is 0 Å². The highest BCUT2D eigenvalue weighted by Crippen LogP contribution is 2.16. The number of amides is 1. The number of hydrogen-bond acceptors (Lipinski definition) is 4. The summed E-state index contributed by atoms with van der Waals surface area (Å²) in [7, 11) is 1.74. The van der Waals surface area contributed by atoms with Gasteiger partial charge in [-0.2, -0.15) is 0 Å². The lowest BCUT2D eigenvalue weighted by Gasteiger charge is -2.07. The second-order valence-electron chi connectivity index (χ2n) is 3.86. The molecule has 0 atom stereocenters. The minimum atomic E-state index is -0.251. The lowest BCUT2D eigenvalue weighted by molar-refractivity contribution is 0.0949. The fourth-order valence-corrected chi connectivity index (χ4v) is 2.48. The Morgan fingerprint density at radius 1 is 1.42 bits per heavy atom. The molecule has 2 rings (SSSR count). The third kappa shape index (κ3) is 3.68. The molecule has 0 bridgehead atoms. The highest BCUT2D eigenvalue weighted by Gasteiger charge is 2.12. The average molecular weight is 296 g/mol. The predicted molar refractivity (Wildman–Crippen MR) is 79.1 cm³/mol. The molecule has 2 aromatic heterocycles. The Morgan fingerprint density at radius 2 is 2.26 bits per heavy atom. The third-order valence-electron chi connectivity index (χ3n) is 2.55. The van der Waals surface area contributed by atoms with Crippen molar-refractivity contribution in [2.45, 2.75) is 6.42 Å². The van der Waals surface area contributed by atoms with Crippen molar-refractivity contribution < 1.29 is 4.79 Å². The van der Waals surface area contributed by atoms with E-state index < -0.39 is 0 Å². The number of nitrogens with one attached hydrogen (secondary N) is 2. The quantitative estimate of drug-likeness (QED) is 0.892. The summed E-state index contributed by atoms with van der Waals surface area (Å²) in [6.07, 6.45) is 0.812. The Hall–Kier alpha value is -1.59. The number of carbonyl (C=O) groups excluding carboxylic acids is 1. The normalized spacial score (nSPS) is 10.2. The number of thiophene rings is 1. The molecule has 4 nitrogen and oxygen atoms in total. The maximum absolute atomic E-state index is 12.0. The Morgan fingerprint density at radius 3 is 2.95 bits per heavy atom. The molecular weight excluding hydrogens is 282 g/mol. The van der Waals surface area contributed by atoms with Crippen molar-refractivity contribution in [3.8, 4) is 0 Å². The molecule has 19 heavy (non-hydrogen) atoms. The van der Waals surface area contributed by atoms with Gasteiger partial charge in [0.25, 0.3) is 5.91 Å². The van der Waals surface area contributed by atoms with Crippen LogP contribution < -0.4 is 10.6 Å². The maximum Gasteiger partial charge on any atom is 0.271 e. The standard InChI is InChI=1S/C13H14ClN3OS/c1-15-11-5-4-10(14)12(17-11)13(18)16-7-6-9-3-2-8-19-9/h2-5,8H,6-7H2,1H3,(H,15,17)(H,16,18). The first-order chi connectivity index (χ1) is 9.20. The van der Waals surface area contributed by atoms with Gasteiger partial charge in [0.05, 0.1) is 5.02 Å². The van der Waals surface area contributed by atoms with Gasteiger partial charge < -0.3 is 10.6 Å². The topological polar surface area (TPSA) is 54.0 Å². The number of aromatic nitrogens is 1. The monoisotopic (exact) mass is 295 g/mol. The van der Waals surface area contributed by atoms with E-state index in [9.17, 15) is 4.79 Å². The second kappa shape index (κ2) is 6.54. The van der Waals surface area contributed by atoms with Crippen molar-refractivity contribution in [2.75, 3.05) is 18.9 Å². The van der Waals surface area contributed by atoms with Crippen LogP contribution in [0.25, 0.3) is 0 Å². The Balaban J connectivity index is 1.95. The van der Waals surface area contributed by atoms with E-state index in [0.29, 0.717) is 17.4 Å². The van der Waals surface area contributed by atoms with Gasteiger partial charge in [0, 0.05) is 18.5 Å². The number of halogens is 1. The SMILES string of the molecule is CNc1ccc(Cl)c(C(=O)NCCc2cccs2)n1. The zero-order valence-corrected chi connectivity index (χ0v) is 12.0. The fraction of sp³-hybridized carbons (Fsp3) is 0.231. The first-order valence-electron chi connectivity index (χ1n) is 5.85. The van der Waals surface area contributed by atoms with Gasteiger partial charge in [-0.3, -0.25) is 4.79 Å². The van der Waals surface area contributed by atoms with Gasteiger partial charge in [-0.15, -0.1) is 11.3 Å². The van der Waals surface area contributed by atoms with Crippen LogP contribution in [0.15, 0.2) is 29.6 Å². The van der Waals surface area contributed by atoms with Crippen LogP contribution in [0.2, 0.25) is 5.02 Å². The van der Waals surface area contributed by atoms with Crippen LogP contribution in [0, 0.1) is 0 Å². The van der Waals surface area contributed by atoms with Gasteiger partial charge in [-0.05, 0) is 30.0 Å². The van der Waals surface area contributed by atoms with E-state index in [1.807, 2.05) is 17.5 Å². The molecular formula is C13H14ClN3OS. The summed E-state index contributed by atoms with van der Waals surface area (Å²) in [5.74, 6) is 0.367. The van der Waals surface area contributed by atoms with E-state index in [-0.39, 0.29) is 11.6 Å². The molecule has 100 valence electrons. The van der Waals surface area contributed by atoms with Gasteiger partial charge >= 0.3 is 0 Å². The summed E-state index contributed by atoms with van der Waals surface area (Å²) in [5, 5.41) is 8.08. The molecule has 0 saturated carbocycles. The number of anilines is 1. The van der Waals surface area contributed by atoms with E-state index in [4.69, 9.17) is 11.6 Å². The molecule has 0 aliphatic carbocycles. The van der Waals surface area contributed by atoms with Gasteiger partial charge in [0.1, 0.15) is 11.5 Å². The summed E-state index contributed by atoms with van der Waals surface area (Å²) >= 11 is 7.65. The summed E-state index contributed by atoms with van der Waals surface area (Å²) in [5.41, 5.74) is 0.250. The van der Waals surface area contributed by atoms with Crippen LogP contribution >= 0.6 is 22.9 Å². The number of hydrogen-bond donors (Lipinski definition) is 2. The number of carbonyl (C=O) groups is 1. The molecule has 0 aliphatic rings. The molecule has 2 aromatic rings. The van der Waals surface area contributed by atoms with E-state index in [2.05, 4.69) is 15.6 Å². The summed E-state index contributed by atoms with van der Waals surface area (Å²) in [4.78, 5) is 17.4. The molecule has 2 heterocycles. The van der Waals surface area contributed by atoms with Gasteiger partial charge in [0.15, 0.2) is 0 Å². The highest BCUT2D eigenvalue weighted by atomic mass is 35.5. The Labute approximate surface area is 120 Å². The molecule has 6 heteroatoms. The number of nitrogens with zero attached hydrogens (tertiary/aromatic N) is 1. The highest BCUT2D eigenvalue weighted by molar-refractivity contribution is 7.09. The van der Waals surface area contributed by atoms with Crippen molar-refractivity contribution in [2.24, 2.45) is 0 Å². The van der Waals surface area contributed by atoms with Crippen LogP contribution in [0.1, 0.15) is 15.4 Å². The van der Waals surface area contributed by atoms with Crippen LogP contribution in [0.3, 0.4) is 0 Å². The summed E-state index contributed by atoms with van der Waals surface area (Å²) in [6, 6.07) is 7.43. The first kappa shape index (κ1) is 13.8. The average Bonchev–Trinajstić information content (AvgIpc) is 2.92. The van der Waals surface area contributed by atoms with Gasteiger partial charge in [0.2, 0.25) is 0 Å². The van der Waals surface area contributed by atoms with Crippen LogP contribution in [-0.4, -0.2) is 24.5 Å². The van der Waals surface area contributed by atoms with Crippen molar-refractivity contribution in [3.63, 3.8) is 0 Å². The minimum absolute atomic E-state index is 0.250. The van der Waals surface area contributed by atoms with Crippen LogP contribution in [0.5, 0.6) is 0 Å². The van der Waals surface area contributed by atoms with Crippen molar-refractivity contribution in [1.29, 1.82) is 0 Å². The van der Waals surface area contributed by atoms with Crippen molar-refractivity contribution in [3.05, 3.63) is 45.2 Å². The fourth-order valence-electron chi connectivity index (χ4n) is 1.58. The largest absolute Gasteiger partial charge is 0.373 e. The maximum atomic E-state index is 12.0. The zero-order chi connectivity index (χ0) is 13.7. The lowest BCUT2D eigenvalue weighted by Crippen LogP contribution is -2.26. The van der Waals surface area contributed by atoms with Crippen molar-refractivity contribution in [1.82, 2.24) is 10.3 Å². The molecule has 0 spiro atoms. The molecule has 0 unspecified atom stereocenters. The predicted octanol–water partition coefficient (Wildman–Crippen LogP) is 2.81. The molecule has 0 aromatic carbocycles. The molecule has 0 fully saturated rings. The Kier molecular flexibility index (Phi) is 4.76. The second-order valence-corrected chi connectivity index (χ2v) is 5.30. The van der Waals surface area contributed by atoms with Gasteiger partial charge in [-0.1, -0.05) is 17.7 Å². The minimum Gasteiger partial charge on any atom is -0.373 e.